The molecule has 0 spiro atoms. The Morgan fingerprint density at radius 3 is 2.61 bits per heavy atom. The van der Waals surface area contributed by atoms with Crippen molar-refractivity contribution in [3.05, 3.63) is 0 Å². The molecule has 3 N–H and O–H groups in total. The Balaban J connectivity index is 2.05. The maximum atomic E-state index is 6.95. The van der Waals surface area contributed by atoms with E-state index in [0.717, 1.165) is 0 Å². The number of hydrogen-bond donors (Lipinski definition) is 2. The van der Waals surface area contributed by atoms with Gasteiger partial charge in [0.05, 0.1) is 0 Å². The fraction of sp³-hybridized carbons (Fsp3) is 1.00. The molecule has 3 aliphatic rings. The Hall–Kier alpha value is -0.0800. The van der Waals surface area contributed by atoms with Crippen LogP contribution in [0.25, 0.3) is 0 Å². The van der Waals surface area contributed by atoms with Gasteiger partial charge in [-0.3, -0.25) is 0 Å². The Morgan fingerprint density at radius 1 is 1.00 bits per heavy atom. The van der Waals surface area contributed by atoms with Gasteiger partial charge >= 0.3 is 0 Å². The van der Waals surface area contributed by atoms with Gasteiger partial charge in [0, 0.05) is 11.6 Å². The van der Waals surface area contributed by atoms with Crippen LogP contribution in [0.5, 0.6) is 0 Å². The predicted octanol–water partition coefficient (Wildman–Crippen LogP) is 3.21. The maximum absolute atomic E-state index is 6.95. The largest absolute Gasteiger partial charge is 0.325 e. The second kappa shape index (κ2) is 4.21. The fourth-order valence-corrected chi connectivity index (χ4v) is 5.34. The van der Waals surface area contributed by atoms with Crippen molar-refractivity contribution in [3.8, 4) is 0 Å². The van der Waals surface area contributed by atoms with Crippen molar-refractivity contribution in [2.45, 2.75) is 83.2 Å². The second-order valence-corrected chi connectivity index (χ2v) is 7.90. The van der Waals surface area contributed by atoms with Crippen LogP contribution in [0.3, 0.4) is 0 Å². The normalized spacial score (nSPS) is 53.2. The van der Waals surface area contributed by atoms with Gasteiger partial charge in [0.2, 0.25) is 0 Å². The van der Waals surface area contributed by atoms with E-state index in [1.54, 1.807) is 0 Å². The lowest BCUT2D eigenvalue weighted by Crippen LogP contribution is -2.54. The van der Waals surface area contributed by atoms with Crippen LogP contribution in [0.4, 0.5) is 0 Å². The first-order valence-electron chi connectivity index (χ1n) is 8.00. The van der Waals surface area contributed by atoms with Crippen LogP contribution in [-0.2, 0) is 0 Å². The van der Waals surface area contributed by atoms with Crippen LogP contribution < -0.4 is 11.1 Å². The minimum Gasteiger partial charge on any atom is -0.325 e. The molecular formula is C16H30N2. The molecular weight excluding hydrogens is 220 g/mol. The lowest BCUT2D eigenvalue weighted by molar-refractivity contribution is 0.0778. The van der Waals surface area contributed by atoms with Gasteiger partial charge in [-0.25, -0.2) is 0 Å². The van der Waals surface area contributed by atoms with Crippen LogP contribution >= 0.6 is 0 Å². The van der Waals surface area contributed by atoms with E-state index in [2.05, 4.69) is 19.2 Å². The molecule has 0 aromatic heterocycles. The van der Waals surface area contributed by atoms with E-state index >= 15 is 0 Å². The molecule has 4 bridgehead atoms. The van der Waals surface area contributed by atoms with Gasteiger partial charge in [0.15, 0.2) is 0 Å². The number of nitrogens with one attached hydrogen (secondary N) is 1. The SMILES string of the molecule is CC12CCCCC(C)(C1)C1(N)CCCNC2CC1. The van der Waals surface area contributed by atoms with Crippen molar-refractivity contribution in [2.75, 3.05) is 6.54 Å². The molecule has 1 saturated heterocycles. The molecule has 0 radical (unpaired) electrons. The molecule has 2 nitrogen and oxygen atoms in total. The minimum absolute atomic E-state index is 0.107. The predicted molar refractivity (Wildman–Crippen MR) is 76.5 cm³/mol. The molecule has 1 aliphatic heterocycles. The summed E-state index contributed by atoms with van der Waals surface area (Å²) in [5.74, 6) is 0. The highest BCUT2D eigenvalue weighted by Crippen LogP contribution is 2.56. The number of rotatable bonds is 0. The van der Waals surface area contributed by atoms with Gasteiger partial charge in [-0.15, -0.1) is 0 Å². The summed E-state index contributed by atoms with van der Waals surface area (Å²) in [6.45, 7) is 6.21. The van der Waals surface area contributed by atoms with Crippen LogP contribution in [0, 0.1) is 10.8 Å². The summed E-state index contributed by atoms with van der Waals surface area (Å²) in [7, 11) is 0. The average Bonchev–Trinajstić information content (AvgIpc) is 2.47. The third-order valence-corrected chi connectivity index (χ3v) is 6.63. The quantitative estimate of drug-likeness (QED) is 0.693. The topological polar surface area (TPSA) is 38.0 Å². The van der Waals surface area contributed by atoms with E-state index in [9.17, 15) is 0 Å². The summed E-state index contributed by atoms with van der Waals surface area (Å²) in [6.07, 6.45) is 11.9. The van der Waals surface area contributed by atoms with Crippen molar-refractivity contribution in [1.29, 1.82) is 0 Å². The smallest absolute Gasteiger partial charge is 0.0210 e. The Morgan fingerprint density at radius 2 is 1.78 bits per heavy atom. The summed E-state index contributed by atoms with van der Waals surface area (Å²) in [5.41, 5.74) is 7.91. The zero-order valence-corrected chi connectivity index (χ0v) is 12.2. The van der Waals surface area contributed by atoms with Crippen molar-refractivity contribution in [1.82, 2.24) is 5.32 Å². The van der Waals surface area contributed by atoms with Crippen LogP contribution in [-0.4, -0.2) is 18.1 Å². The van der Waals surface area contributed by atoms with Gasteiger partial charge in [-0.05, 0) is 62.3 Å². The minimum atomic E-state index is 0.107. The van der Waals surface area contributed by atoms with Crippen molar-refractivity contribution < 1.29 is 0 Å². The molecule has 0 amide bonds. The van der Waals surface area contributed by atoms with Crippen molar-refractivity contribution in [3.63, 3.8) is 0 Å². The molecule has 2 aliphatic carbocycles. The standard InChI is InChI=1S/C16H30N2/c1-14-7-3-4-8-15(2,12-14)16(17)9-5-11-18-13(14)6-10-16/h13,18H,3-12,17H2,1-2H3. The molecule has 2 saturated carbocycles. The van der Waals surface area contributed by atoms with E-state index in [0.29, 0.717) is 16.9 Å². The number of nitrogens with two attached hydrogens (primary N) is 1. The second-order valence-electron chi connectivity index (χ2n) is 7.90. The number of fused-ring (bicyclic) bond motifs is 7. The molecule has 4 unspecified atom stereocenters. The zero-order chi connectivity index (χ0) is 12.9. The first-order chi connectivity index (χ1) is 8.48. The van der Waals surface area contributed by atoms with Gasteiger partial charge in [0.1, 0.15) is 0 Å². The van der Waals surface area contributed by atoms with Gasteiger partial charge in [-0.1, -0.05) is 26.7 Å². The van der Waals surface area contributed by atoms with Crippen molar-refractivity contribution >= 4 is 0 Å². The summed E-state index contributed by atoms with van der Waals surface area (Å²) in [4.78, 5) is 0. The van der Waals surface area contributed by atoms with Crippen LogP contribution in [0.2, 0.25) is 0 Å². The third-order valence-electron chi connectivity index (χ3n) is 6.63. The Kier molecular flexibility index (Phi) is 3.02. The molecule has 2 heteroatoms. The Labute approximate surface area is 112 Å². The highest BCUT2D eigenvalue weighted by Gasteiger charge is 2.54. The Bertz CT molecular complexity index is 329. The van der Waals surface area contributed by atoms with E-state index in [1.165, 1.54) is 64.3 Å². The van der Waals surface area contributed by atoms with Gasteiger partial charge < -0.3 is 11.1 Å². The molecule has 104 valence electrons. The summed E-state index contributed by atoms with van der Waals surface area (Å²) >= 11 is 0. The third kappa shape index (κ3) is 1.84. The van der Waals surface area contributed by atoms with E-state index in [4.69, 9.17) is 5.73 Å². The first kappa shape index (κ1) is 12.9. The first-order valence-corrected chi connectivity index (χ1v) is 8.00. The fourth-order valence-electron chi connectivity index (χ4n) is 5.34. The molecule has 4 atom stereocenters. The lowest BCUT2D eigenvalue weighted by atomic mass is 9.61. The summed E-state index contributed by atoms with van der Waals surface area (Å²) in [6, 6.07) is 0.709. The van der Waals surface area contributed by atoms with Gasteiger partial charge in [-0.2, -0.15) is 0 Å². The monoisotopic (exact) mass is 250 g/mol. The molecule has 3 rings (SSSR count). The molecule has 0 aromatic rings. The molecule has 1 heterocycles. The molecule has 3 fully saturated rings. The summed E-state index contributed by atoms with van der Waals surface area (Å²) in [5, 5.41) is 3.85. The average molecular weight is 250 g/mol. The van der Waals surface area contributed by atoms with Crippen LogP contribution in [0.1, 0.15) is 71.6 Å². The maximum Gasteiger partial charge on any atom is 0.0210 e. The van der Waals surface area contributed by atoms with E-state index in [-0.39, 0.29) is 5.54 Å². The van der Waals surface area contributed by atoms with Gasteiger partial charge in [0.25, 0.3) is 0 Å². The highest BCUT2D eigenvalue weighted by molar-refractivity contribution is 5.10. The molecule has 18 heavy (non-hydrogen) atoms. The number of hydrogen-bond acceptors (Lipinski definition) is 2. The van der Waals surface area contributed by atoms with Crippen molar-refractivity contribution in [2.24, 2.45) is 16.6 Å². The summed E-state index contributed by atoms with van der Waals surface area (Å²) < 4.78 is 0. The van der Waals surface area contributed by atoms with E-state index in [1.807, 2.05) is 0 Å². The highest BCUT2D eigenvalue weighted by atomic mass is 15.0. The molecule has 0 aromatic carbocycles. The zero-order valence-electron chi connectivity index (χ0n) is 12.2. The van der Waals surface area contributed by atoms with E-state index < -0.39 is 0 Å². The van der Waals surface area contributed by atoms with Crippen LogP contribution in [0.15, 0.2) is 0 Å². The lowest BCUT2D eigenvalue weighted by Gasteiger charge is -2.47.